The topological polar surface area (TPSA) is 81.7 Å². The molecule has 0 aliphatic carbocycles. The van der Waals surface area contributed by atoms with Crippen LogP contribution in [0, 0.1) is 0 Å². The lowest BCUT2D eigenvalue weighted by molar-refractivity contribution is -0.141. The number of rotatable bonds is 8. The Morgan fingerprint density at radius 1 is 1.19 bits per heavy atom. The molecule has 2 rings (SSSR count). The first kappa shape index (κ1) is 20.0. The van der Waals surface area contributed by atoms with Crippen LogP contribution in [-0.2, 0) is 9.53 Å². The van der Waals surface area contributed by atoms with E-state index in [0.717, 1.165) is 9.85 Å². The summed E-state index contributed by atoms with van der Waals surface area (Å²) in [5.41, 5.74) is 0.0375. The molecule has 10 heteroatoms. The van der Waals surface area contributed by atoms with Crippen molar-refractivity contribution in [2.75, 3.05) is 13.2 Å². The van der Waals surface area contributed by atoms with E-state index in [9.17, 15) is 23.2 Å². The van der Waals surface area contributed by atoms with Crippen molar-refractivity contribution >= 4 is 44.9 Å². The minimum absolute atomic E-state index is 0.0375. The molecule has 0 saturated carbocycles. The molecular formula is C16H12BrF2NO5S. The fourth-order valence-corrected chi connectivity index (χ4v) is 3.11. The summed E-state index contributed by atoms with van der Waals surface area (Å²) in [5.74, 6) is -2.02. The van der Waals surface area contributed by atoms with Crippen LogP contribution in [0.1, 0.15) is 20.0 Å². The Labute approximate surface area is 159 Å². The Hall–Kier alpha value is -2.33. The van der Waals surface area contributed by atoms with Crippen LogP contribution in [0.5, 0.6) is 5.75 Å². The zero-order valence-electron chi connectivity index (χ0n) is 13.0. The highest BCUT2D eigenvalue weighted by Crippen LogP contribution is 2.22. The van der Waals surface area contributed by atoms with Gasteiger partial charge in [0.15, 0.2) is 6.61 Å². The van der Waals surface area contributed by atoms with Gasteiger partial charge in [-0.15, -0.1) is 11.3 Å². The first-order chi connectivity index (χ1) is 12.3. The lowest BCUT2D eigenvalue weighted by Crippen LogP contribution is -2.31. The van der Waals surface area contributed by atoms with Gasteiger partial charge in [-0.2, -0.15) is 8.78 Å². The molecule has 0 spiro atoms. The quantitative estimate of drug-likeness (QED) is 0.496. The fraction of sp³-hybridized carbons (Fsp3) is 0.188. The van der Waals surface area contributed by atoms with Crippen LogP contribution in [0.2, 0.25) is 0 Å². The number of nitrogens with one attached hydrogen (secondary N) is 1. The third kappa shape index (κ3) is 6.19. The van der Waals surface area contributed by atoms with E-state index in [4.69, 9.17) is 4.74 Å². The second kappa shape index (κ2) is 9.39. The van der Waals surface area contributed by atoms with Gasteiger partial charge in [0.2, 0.25) is 5.78 Å². The largest absolute Gasteiger partial charge is 0.456 e. The monoisotopic (exact) mass is 447 g/mol. The molecule has 26 heavy (non-hydrogen) atoms. The van der Waals surface area contributed by atoms with Gasteiger partial charge in [0.25, 0.3) is 5.91 Å². The number of thiophene rings is 1. The summed E-state index contributed by atoms with van der Waals surface area (Å²) in [4.78, 5) is 35.8. The van der Waals surface area contributed by atoms with Crippen molar-refractivity contribution in [3.63, 3.8) is 0 Å². The number of hydrogen-bond acceptors (Lipinski definition) is 6. The Morgan fingerprint density at radius 3 is 2.62 bits per heavy atom. The summed E-state index contributed by atoms with van der Waals surface area (Å²) in [6.07, 6.45) is 0. The van der Waals surface area contributed by atoms with Crippen LogP contribution in [0.25, 0.3) is 0 Å². The molecule has 0 saturated heterocycles. The molecule has 6 nitrogen and oxygen atoms in total. The maximum absolute atomic E-state index is 12.2. The van der Waals surface area contributed by atoms with Gasteiger partial charge in [0.05, 0.1) is 8.66 Å². The van der Waals surface area contributed by atoms with Gasteiger partial charge in [-0.25, -0.2) is 0 Å². The van der Waals surface area contributed by atoms with Crippen LogP contribution < -0.4 is 10.1 Å². The molecule has 0 fully saturated rings. The first-order valence-corrected chi connectivity index (χ1v) is 8.73. The molecule has 2 aromatic rings. The molecule has 0 unspecified atom stereocenters. The van der Waals surface area contributed by atoms with E-state index in [2.05, 4.69) is 26.0 Å². The van der Waals surface area contributed by atoms with Crippen LogP contribution in [0.4, 0.5) is 8.78 Å². The Morgan fingerprint density at radius 2 is 1.96 bits per heavy atom. The van der Waals surface area contributed by atoms with Gasteiger partial charge in [-0.1, -0.05) is 6.07 Å². The third-order valence-corrected chi connectivity index (χ3v) is 4.59. The van der Waals surface area contributed by atoms with E-state index in [1.165, 1.54) is 29.5 Å². The number of benzene rings is 1. The maximum atomic E-state index is 12.2. The van der Waals surface area contributed by atoms with Crippen molar-refractivity contribution < 1.29 is 32.6 Å². The predicted molar refractivity (Wildman–Crippen MR) is 92.7 cm³/mol. The van der Waals surface area contributed by atoms with Crippen LogP contribution >= 0.6 is 27.3 Å². The number of carbonyl (C=O) groups excluding carboxylic acids is 3. The van der Waals surface area contributed by atoms with Gasteiger partial charge in [0, 0.05) is 5.56 Å². The second-order valence-corrected chi connectivity index (χ2v) is 7.24. The lowest BCUT2D eigenvalue weighted by atomic mass is 10.2. The maximum Gasteiger partial charge on any atom is 0.387 e. The second-order valence-electron chi connectivity index (χ2n) is 4.78. The summed E-state index contributed by atoms with van der Waals surface area (Å²) >= 11 is 4.43. The third-order valence-electron chi connectivity index (χ3n) is 2.93. The molecule has 0 aliphatic rings. The van der Waals surface area contributed by atoms with Crippen LogP contribution in [0.3, 0.4) is 0 Å². The van der Waals surface area contributed by atoms with E-state index in [-0.39, 0.29) is 17.1 Å². The van der Waals surface area contributed by atoms with Crippen LogP contribution in [0.15, 0.2) is 40.2 Å². The number of halogens is 3. The summed E-state index contributed by atoms with van der Waals surface area (Å²) in [5, 5.41) is 2.27. The highest BCUT2D eigenvalue weighted by Gasteiger charge is 2.14. The summed E-state index contributed by atoms with van der Waals surface area (Å²) in [7, 11) is 0. The van der Waals surface area contributed by atoms with Gasteiger partial charge in [0.1, 0.15) is 12.3 Å². The van der Waals surface area contributed by atoms with Crippen molar-refractivity contribution in [1.82, 2.24) is 5.32 Å². The van der Waals surface area contributed by atoms with Crippen molar-refractivity contribution in [3.05, 3.63) is 50.6 Å². The Kier molecular flexibility index (Phi) is 7.22. The average Bonchev–Trinajstić information content (AvgIpc) is 3.03. The number of alkyl halides is 2. The first-order valence-electron chi connectivity index (χ1n) is 7.12. The number of amides is 1. The van der Waals surface area contributed by atoms with Crippen molar-refractivity contribution in [2.45, 2.75) is 6.61 Å². The molecule has 138 valence electrons. The Balaban J connectivity index is 1.79. The van der Waals surface area contributed by atoms with Crippen molar-refractivity contribution in [2.24, 2.45) is 0 Å². The smallest absolute Gasteiger partial charge is 0.387 e. The number of ketones is 1. The normalized spacial score (nSPS) is 10.5. The standard InChI is InChI=1S/C16H12BrF2NO5S/c17-13-5-4-12(26-13)11(21)8-24-14(22)7-20-15(23)9-2-1-3-10(6-9)25-16(18)19/h1-6,16H,7-8H2,(H,20,23). The lowest BCUT2D eigenvalue weighted by Gasteiger charge is -2.08. The summed E-state index contributed by atoms with van der Waals surface area (Å²) in [6, 6.07) is 8.42. The van der Waals surface area contributed by atoms with Gasteiger partial charge in [-0.05, 0) is 46.3 Å². The van der Waals surface area contributed by atoms with Gasteiger partial charge >= 0.3 is 12.6 Å². The SMILES string of the molecule is O=C(CNC(=O)c1cccc(OC(F)F)c1)OCC(=O)c1ccc(Br)s1. The number of hydrogen-bond donors (Lipinski definition) is 1. The van der Waals surface area contributed by atoms with Crippen LogP contribution in [-0.4, -0.2) is 37.4 Å². The zero-order chi connectivity index (χ0) is 19.1. The molecule has 1 N–H and O–H groups in total. The highest BCUT2D eigenvalue weighted by atomic mass is 79.9. The fourth-order valence-electron chi connectivity index (χ4n) is 1.80. The predicted octanol–water partition coefficient (Wildman–Crippen LogP) is 3.27. The summed E-state index contributed by atoms with van der Waals surface area (Å²) in [6.45, 7) is -3.93. The molecule has 0 atom stereocenters. The molecule has 1 heterocycles. The van der Waals surface area contributed by atoms with E-state index >= 15 is 0 Å². The van der Waals surface area contributed by atoms with E-state index in [0.29, 0.717) is 4.88 Å². The number of carbonyl (C=O) groups is 3. The molecule has 1 aromatic carbocycles. The van der Waals surface area contributed by atoms with E-state index in [1.807, 2.05) is 0 Å². The minimum atomic E-state index is -3.01. The molecule has 0 radical (unpaired) electrons. The molecular weight excluding hydrogens is 436 g/mol. The summed E-state index contributed by atoms with van der Waals surface area (Å²) < 4.78 is 34.1. The molecule has 0 bridgehead atoms. The molecule has 1 amide bonds. The number of esters is 1. The minimum Gasteiger partial charge on any atom is -0.456 e. The van der Waals surface area contributed by atoms with Gasteiger partial charge in [-0.3, -0.25) is 14.4 Å². The average molecular weight is 448 g/mol. The number of Topliss-reactive ketones (excluding diaryl/α,β-unsaturated/α-hetero) is 1. The highest BCUT2D eigenvalue weighted by molar-refractivity contribution is 9.11. The number of ether oxygens (including phenoxy) is 2. The van der Waals surface area contributed by atoms with E-state index in [1.54, 1.807) is 12.1 Å². The molecule has 1 aromatic heterocycles. The van der Waals surface area contributed by atoms with Crippen molar-refractivity contribution in [3.8, 4) is 5.75 Å². The van der Waals surface area contributed by atoms with E-state index < -0.39 is 31.6 Å². The Bertz CT molecular complexity index is 811. The van der Waals surface area contributed by atoms with Gasteiger partial charge < -0.3 is 14.8 Å². The van der Waals surface area contributed by atoms with Crippen molar-refractivity contribution in [1.29, 1.82) is 0 Å². The molecule has 0 aliphatic heterocycles. The zero-order valence-corrected chi connectivity index (χ0v) is 15.4.